The van der Waals surface area contributed by atoms with E-state index in [0.29, 0.717) is 32.7 Å². The van der Waals surface area contributed by atoms with E-state index in [0.717, 1.165) is 36.0 Å². The van der Waals surface area contributed by atoms with Crippen molar-refractivity contribution in [2.45, 2.75) is 52.6 Å². The fourth-order valence-corrected chi connectivity index (χ4v) is 3.51. The van der Waals surface area contributed by atoms with Crippen molar-refractivity contribution in [3.8, 4) is 5.75 Å². The largest absolute Gasteiger partial charge is 0.494 e. The SMILES string of the molecule is CCCn1c(=O)n(CCC(=O)NCCCCOc2ccc(C)cc2)c2ccccc21. The van der Waals surface area contributed by atoms with Gasteiger partial charge in [-0.1, -0.05) is 36.8 Å². The minimum absolute atomic E-state index is 0.0336. The summed E-state index contributed by atoms with van der Waals surface area (Å²) in [7, 11) is 0. The third-order valence-electron chi connectivity index (χ3n) is 5.12. The van der Waals surface area contributed by atoms with E-state index < -0.39 is 0 Å². The Labute approximate surface area is 177 Å². The summed E-state index contributed by atoms with van der Waals surface area (Å²) in [5.74, 6) is 0.839. The number of fused-ring (bicyclic) bond motifs is 1. The molecule has 0 aliphatic heterocycles. The summed E-state index contributed by atoms with van der Waals surface area (Å²) in [6, 6.07) is 15.8. The molecule has 0 aliphatic carbocycles. The molecule has 1 N–H and O–H groups in total. The Morgan fingerprint density at radius 1 is 0.967 bits per heavy atom. The summed E-state index contributed by atoms with van der Waals surface area (Å²) in [4.78, 5) is 25.0. The molecule has 1 aromatic heterocycles. The van der Waals surface area contributed by atoms with Gasteiger partial charge in [0.25, 0.3) is 0 Å². The molecular formula is C24H31N3O3. The minimum Gasteiger partial charge on any atom is -0.494 e. The van der Waals surface area contributed by atoms with Gasteiger partial charge in [0, 0.05) is 26.1 Å². The van der Waals surface area contributed by atoms with Crippen LogP contribution in [-0.4, -0.2) is 28.2 Å². The molecule has 0 fully saturated rings. The molecule has 6 heteroatoms. The summed E-state index contributed by atoms with van der Waals surface area (Å²) < 4.78 is 9.20. The molecule has 0 aliphatic rings. The van der Waals surface area contributed by atoms with Gasteiger partial charge in [0.2, 0.25) is 5.91 Å². The third-order valence-corrected chi connectivity index (χ3v) is 5.12. The molecule has 0 saturated carbocycles. The zero-order chi connectivity index (χ0) is 21.3. The van der Waals surface area contributed by atoms with Crippen LogP contribution in [0.5, 0.6) is 5.75 Å². The van der Waals surface area contributed by atoms with Crippen molar-refractivity contribution < 1.29 is 9.53 Å². The van der Waals surface area contributed by atoms with Gasteiger partial charge in [-0.05, 0) is 50.5 Å². The first-order valence-corrected chi connectivity index (χ1v) is 10.7. The van der Waals surface area contributed by atoms with Gasteiger partial charge < -0.3 is 10.1 Å². The maximum Gasteiger partial charge on any atom is 0.329 e. The van der Waals surface area contributed by atoms with Crippen molar-refractivity contribution in [3.63, 3.8) is 0 Å². The number of nitrogens with one attached hydrogen (secondary N) is 1. The zero-order valence-corrected chi connectivity index (χ0v) is 17.9. The van der Waals surface area contributed by atoms with E-state index in [1.165, 1.54) is 5.56 Å². The number of carbonyl (C=O) groups is 1. The summed E-state index contributed by atoms with van der Waals surface area (Å²) >= 11 is 0. The maximum absolute atomic E-state index is 12.7. The lowest BCUT2D eigenvalue weighted by molar-refractivity contribution is -0.121. The van der Waals surface area contributed by atoms with Crippen molar-refractivity contribution in [3.05, 3.63) is 64.6 Å². The topological polar surface area (TPSA) is 65.3 Å². The molecule has 1 heterocycles. The fourth-order valence-electron chi connectivity index (χ4n) is 3.51. The number of nitrogens with zero attached hydrogens (tertiary/aromatic N) is 2. The first-order valence-electron chi connectivity index (χ1n) is 10.7. The molecule has 30 heavy (non-hydrogen) atoms. The smallest absolute Gasteiger partial charge is 0.329 e. The highest BCUT2D eigenvalue weighted by Gasteiger charge is 2.13. The number of rotatable bonds is 11. The highest BCUT2D eigenvalue weighted by atomic mass is 16.5. The molecule has 6 nitrogen and oxygen atoms in total. The van der Waals surface area contributed by atoms with Crippen LogP contribution in [0, 0.1) is 6.92 Å². The van der Waals surface area contributed by atoms with Gasteiger partial charge in [0.1, 0.15) is 5.75 Å². The maximum atomic E-state index is 12.7. The number of aromatic nitrogens is 2. The summed E-state index contributed by atoms with van der Waals surface area (Å²) in [5, 5.41) is 2.94. The van der Waals surface area contributed by atoms with Crippen LogP contribution in [0.4, 0.5) is 0 Å². The standard InChI is InChI=1S/C24H31N3O3/c1-3-16-26-21-8-4-5-9-22(21)27(24(26)29)17-14-23(28)25-15-6-7-18-30-20-12-10-19(2)11-13-20/h4-5,8-13H,3,6-7,14-18H2,1-2H3,(H,25,28). The van der Waals surface area contributed by atoms with Crippen LogP contribution in [0.25, 0.3) is 11.0 Å². The molecule has 3 aromatic rings. The molecule has 1 amide bonds. The number of amides is 1. The lowest BCUT2D eigenvalue weighted by Gasteiger charge is -2.08. The van der Waals surface area contributed by atoms with Gasteiger partial charge in [-0.25, -0.2) is 4.79 Å². The molecule has 0 bridgehead atoms. The van der Waals surface area contributed by atoms with Crippen molar-refractivity contribution in [1.82, 2.24) is 14.5 Å². The van der Waals surface area contributed by atoms with Gasteiger partial charge in [-0.3, -0.25) is 13.9 Å². The molecule has 3 rings (SSSR count). The highest BCUT2D eigenvalue weighted by molar-refractivity contribution is 5.78. The molecule has 0 atom stereocenters. The van der Waals surface area contributed by atoms with E-state index in [1.807, 2.05) is 55.5 Å². The van der Waals surface area contributed by atoms with E-state index >= 15 is 0 Å². The van der Waals surface area contributed by atoms with E-state index in [9.17, 15) is 9.59 Å². The second-order valence-corrected chi connectivity index (χ2v) is 7.54. The quantitative estimate of drug-likeness (QED) is 0.489. The van der Waals surface area contributed by atoms with Gasteiger partial charge in [0.05, 0.1) is 17.6 Å². The number of carbonyl (C=O) groups excluding carboxylic acids is 1. The van der Waals surface area contributed by atoms with E-state index in [4.69, 9.17) is 4.74 Å². The Morgan fingerprint density at radius 3 is 2.30 bits per heavy atom. The Morgan fingerprint density at radius 2 is 1.63 bits per heavy atom. The van der Waals surface area contributed by atoms with Crippen LogP contribution in [0.1, 0.15) is 38.2 Å². The molecule has 0 saturated heterocycles. The fraction of sp³-hybridized carbons (Fsp3) is 0.417. The van der Waals surface area contributed by atoms with Gasteiger partial charge in [-0.2, -0.15) is 0 Å². The van der Waals surface area contributed by atoms with Gasteiger partial charge >= 0.3 is 5.69 Å². The van der Waals surface area contributed by atoms with Crippen LogP contribution in [0.15, 0.2) is 53.3 Å². The summed E-state index contributed by atoms with van der Waals surface area (Å²) in [6.45, 7) is 6.42. The number of aryl methyl sites for hydroxylation is 3. The Balaban J connectivity index is 1.41. The third kappa shape index (κ3) is 5.53. The van der Waals surface area contributed by atoms with E-state index in [2.05, 4.69) is 12.2 Å². The number of imidazole rings is 1. The molecule has 160 valence electrons. The second-order valence-electron chi connectivity index (χ2n) is 7.54. The first-order chi connectivity index (χ1) is 14.6. The molecule has 0 spiro atoms. The normalized spacial score (nSPS) is 11.0. The van der Waals surface area contributed by atoms with Crippen LogP contribution >= 0.6 is 0 Å². The predicted molar refractivity (Wildman–Crippen MR) is 120 cm³/mol. The Bertz CT molecular complexity index is 1020. The summed E-state index contributed by atoms with van der Waals surface area (Å²) in [6.07, 6.45) is 2.91. The average molecular weight is 410 g/mol. The Hall–Kier alpha value is -3.02. The monoisotopic (exact) mass is 409 g/mol. The van der Waals surface area contributed by atoms with Crippen LogP contribution < -0.4 is 15.7 Å². The summed E-state index contributed by atoms with van der Waals surface area (Å²) in [5.41, 5.74) is 2.98. The van der Waals surface area contributed by atoms with E-state index in [1.54, 1.807) is 9.13 Å². The lowest BCUT2D eigenvalue weighted by Crippen LogP contribution is -2.29. The van der Waals surface area contributed by atoms with Gasteiger partial charge in [-0.15, -0.1) is 0 Å². The number of para-hydroxylation sites is 2. The van der Waals surface area contributed by atoms with E-state index in [-0.39, 0.29) is 11.6 Å². The molecule has 2 aromatic carbocycles. The molecular weight excluding hydrogens is 378 g/mol. The minimum atomic E-state index is -0.0425. The molecule has 0 unspecified atom stereocenters. The second kappa shape index (κ2) is 10.7. The highest BCUT2D eigenvalue weighted by Crippen LogP contribution is 2.14. The first kappa shape index (κ1) is 21.7. The van der Waals surface area contributed by atoms with Crippen LogP contribution in [0.3, 0.4) is 0 Å². The van der Waals surface area contributed by atoms with Crippen molar-refractivity contribution in [2.24, 2.45) is 0 Å². The number of benzene rings is 2. The van der Waals surface area contributed by atoms with Gasteiger partial charge in [0.15, 0.2) is 0 Å². The number of hydrogen-bond donors (Lipinski definition) is 1. The van der Waals surface area contributed by atoms with Crippen LogP contribution in [-0.2, 0) is 17.9 Å². The lowest BCUT2D eigenvalue weighted by atomic mass is 10.2. The molecule has 0 radical (unpaired) electrons. The number of unbranched alkanes of at least 4 members (excludes halogenated alkanes) is 1. The predicted octanol–water partition coefficient (Wildman–Crippen LogP) is 3.89. The van der Waals surface area contributed by atoms with Crippen molar-refractivity contribution in [1.29, 1.82) is 0 Å². The number of hydrogen-bond acceptors (Lipinski definition) is 3. The number of ether oxygens (including phenoxy) is 1. The average Bonchev–Trinajstić information content (AvgIpc) is 3.02. The van der Waals surface area contributed by atoms with Crippen molar-refractivity contribution >= 4 is 16.9 Å². The van der Waals surface area contributed by atoms with Crippen molar-refractivity contribution in [2.75, 3.05) is 13.2 Å². The zero-order valence-electron chi connectivity index (χ0n) is 17.9. The Kier molecular flexibility index (Phi) is 7.71. The van der Waals surface area contributed by atoms with Crippen LogP contribution in [0.2, 0.25) is 0 Å².